The predicted octanol–water partition coefficient (Wildman–Crippen LogP) is 5.16. The lowest BCUT2D eigenvalue weighted by Crippen LogP contribution is -2.39. The minimum atomic E-state index is 0.122. The molecule has 0 fully saturated rings. The summed E-state index contributed by atoms with van der Waals surface area (Å²) in [5.74, 6) is 1.65. The van der Waals surface area contributed by atoms with Crippen LogP contribution in [0.2, 0.25) is 0 Å². The molecule has 3 aromatic rings. The maximum absolute atomic E-state index is 13.2. The zero-order valence-electron chi connectivity index (χ0n) is 17.8. The maximum atomic E-state index is 13.2. The van der Waals surface area contributed by atoms with Gasteiger partial charge in [0.25, 0.3) is 0 Å². The van der Waals surface area contributed by atoms with Gasteiger partial charge in [-0.1, -0.05) is 43.4 Å². The summed E-state index contributed by atoms with van der Waals surface area (Å²) in [6.07, 6.45) is 0.483. The van der Waals surface area contributed by atoms with E-state index in [1.165, 1.54) is 4.90 Å². The monoisotopic (exact) mass is 443 g/mol. The van der Waals surface area contributed by atoms with E-state index in [1.807, 2.05) is 41.3 Å². The van der Waals surface area contributed by atoms with Crippen LogP contribution in [-0.2, 0) is 4.79 Å². The highest BCUT2D eigenvalue weighted by atomic mass is 32.2. The van der Waals surface area contributed by atoms with Crippen molar-refractivity contribution in [1.82, 2.24) is 9.88 Å². The Morgan fingerprint density at radius 2 is 1.87 bits per heavy atom. The number of amides is 1. The molecule has 7 heteroatoms. The second-order valence-electron chi connectivity index (χ2n) is 6.81. The molecule has 0 aliphatic rings. The Morgan fingerprint density at radius 1 is 1.10 bits per heavy atom. The number of methoxy groups -OCH3 is 1. The molecule has 30 heavy (non-hydrogen) atoms. The van der Waals surface area contributed by atoms with E-state index in [0.717, 1.165) is 46.5 Å². The molecule has 1 heterocycles. The Hall–Kier alpha value is -2.09. The number of ether oxygens (including phenoxy) is 1. The molecular formula is C23H29N3O2S2. The zero-order chi connectivity index (χ0) is 21.3. The molecule has 1 aromatic heterocycles. The summed E-state index contributed by atoms with van der Waals surface area (Å²) in [5.41, 5.74) is 0.869. The van der Waals surface area contributed by atoms with Crippen LogP contribution in [0.4, 0.5) is 5.13 Å². The third-order valence-electron chi connectivity index (χ3n) is 4.98. The minimum Gasteiger partial charge on any atom is -0.497 e. The summed E-state index contributed by atoms with van der Waals surface area (Å²) >= 11 is 3.28. The highest BCUT2D eigenvalue weighted by Gasteiger charge is 2.20. The summed E-state index contributed by atoms with van der Waals surface area (Å²) in [7, 11) is 1.65. The van der Waals surface area contributed by atoms with E-state index in [9.17, 15) is 4.79 Å². The van der Waals surface area contributed by atoms with E-state index < -0.39 is 0 Å². The van der Waals surface area contributed by atoms with Crippen LogP contribution in [0.15, 0.2) is 53.4 Å². The molecule has 0 saturated carbocycles. The van der Waals surface area contributed by atoms with Crippen LogP contribution in [0.1, 0.15) is 20.3 Å². The number of thiazole rings is 1. The number of thioether (sulfide) groups is 1. The van der Waals surface area contributed by atoms with Crippen molar-refractivity contribution in [1.29, 1.82) is 0 Å². The smallest absolute Gasteiger partial charge is 0.229 e. The van der Waals surface area contributed by atoms with E-state index in [2.05, 4.69) is 30.9 Å². The molecule has 160 valence electrons. The van der Waals surface area contributed by atoms with Crippen molar-refractivity contribution in [3.63, 3.8) is 0 Å². The number of anilines is 1. The molecule has 0 spiro atoms. The van der Waals surface area contributed by atoms with Crippen LogP contribution in [0.3, 0.4) is 0 Å². The third-order valence-corrected chi connectivity index (χ3v) is 7.05. The van der Waals surface area contributed by atoms with Gasteiger partial charge in [-0.15, -0.1) is 11.8 Å². The van der Waals surface area contributed by atoms with Gasteiger partial charge in [0, 0.05) is 36.2 Å². The van der Waals surface area contributed by atoms with Crippen LogP contribution < -0.4 is 9.64 Å². The van der Waals surface area contributed by atoms with Gasteiger partial charge < -0.3 is 9.64 Å². The van der Waals surface area contributed by atoms with Crippen molar-refractivity contribution >= 4 is 44.4 Å². The first kappa shape index (κ1) is 22.6. The number of carbonyl (C=O) groups excluding carboxylic acids is 1. The first-order valence-corrected chi connectivity index (χ1v) is 12.1. The van der Waals surface area contributed by atoms with Gasteiger partial charge in [0.1, 0.15) is 5.75 Å². The summed E-state index contributed by atoms with van der Waals surface area (Å²) in [5, 5.41) is 0.764. The molecule has 2 aromatic carbocycles. The van der Waals surface area contributed by atoms with Crippen molar-refractivity contribution in [3.8, 4) is 5.75 Å². The molecule has 0 unspecified atom stereocenters. The van der Waals surface area contributed by atoms with Gasteiger partial charge in [0.05, 0.1) is 17.3 Å². The highest BCUT2D eigenvalue weighted by molar-refractivity contribution is 7.99. The van der Waals surface area contributed by atoms with E-state index in [4.69, 9.17) is 9.72 Å². The molecule has 1 amide bonds. The maximum Gasteiger partial charge on any atom is 0.229 e. The molecule has 0 N–H and O–H groups in total. The molecule has 0 atom stereocenters. The van der Waals surface area contributed by atoms with Gasteiger partial charge >= 0.3 is 0 Å². The Morgan fingerprint density at radius 3 is 2.57 bits per heavy atom. The number of hydrogen-bond acceptors (Lipinski definition) is 6. The van der Waals surface area contributed by atoms with Gasteiger partial charge in [-0.3, -0.25) is 9.69 Å². The van der Waals surface area contributed by atoms with E-state index in [1.54, 1.807) is 30.2 Å². The second kappa shape index (κ2) is 11.3. The molecule has 0 radical (unpaired) electrons. The molecule has 0 saturated heterocycles. The molecule has 3 rings (SSSR count). The number of aromatic nitrogens is 1. The number of carbonyl (C=O) groups is 1. The van der Waals surface area contributed by atoms with Gasteiger partial charge in [-0.2, -0.15) is 0 Å². The number of fused-ring (bicyclic) bond motifs is 1. The number of likely N-dealkylation sites (N-methyl/N-ethyl adjacent to an activating group) is 1. The Labute approximate surface area is 187 Å². The third kappa shape index (κ3) is 5.97. The van der Waals surface area contributed by atoms with Crippen LogP contribution in [0.25, 0.3) is 10.2 Å². The fourth-order valence-corrected chi connectivity index (χ4v) is 5.00. The largest absolute Gasteiger partial charge is 0.497 e. The van der Waals surface area contributed by atoms with Crippen LogP contribution in [-0.4, -0.2) is 54.8 Å². The molecule has 0 bridgehead atoms. The minimum absolute atomic E-state index is 0.122. The average molecular weight is 444 g/mol. The lowest BCUT2D eigenvalue weighted by atomic mass is 10.3. The van der Waals surface area contributed by atoms with Crippen LogP contribution in [0.5, 0.6) is 5.75 Å². The quantitative estimate of drug-likeness (QED) is 0.383. The van der Waals surface area contributed by atoms with Crippen molar-refractivity contribution in [2.75, 3.05) is 43.9 Å². The number of benzene rings is 2. The zero-order valence-corrected chi connectivity index (χ0v) is 19.5. The van der Waals surface area contributed by atoms with Gasteiger partial charge in [0.2, 0.25) is 5.91 Å². The van der Waals surface area contributed by atoms with Crippen molar-refractivity contribution in [2.45, 2.75) is 25.2 Å². The lowest BCUT2D eigenvalue weighted by Gasteiger charge is -2.24. The molecule has 0 aliphatic carbocycles. The Kier molecular flexibility index (Phi) is 8.54. The summed E-state index contributed by atoms with van der Waals surface area (Å²) < 4.78 is 6.38. The number of rotatable bonds is 11. The topological polar surface area (TPSA) is 45.7 Å². The van der Waals surface area contributed by atoms with E-state index >= 15 is 0 Å². The first-order chi connectivity index (χ1) is 14.6. The molecule has 0 aliphatic heterocycles. The number of nitrogens with zero attached hydrogens (tertiary/aromatic N) is 3. The predicted molar refractivity (Wildman–Crippen MR) is 128 cm³/mol. The van der Waals surface area contributed by atoms with Gasteiger partial charge in [0.15, 0.2) is 5.13 Å². The fourth-order valence-electron chi connectivity index (χ4n) is 3.15. The first-order valence-electron chi connectivity index (χ1n) is 10.3. The summed E-state index contributed by atoms with van der Waals surface area (Å²) in [6, 6.07) is 16.1. The van der Waals surface area contributed by atoms with Gasteiger partial charge in [-0.05, 0) is 37.4 Å². The van der Waals surface area contributed by atoms with Gasteiger partial charge in [-0.25, -0.2) is 4.98 Å². The normalized spacial score (nSPS) is 11.2. The number of hydrogen-bond donors (Lipinski definition) is 0. The molecule has 5 nitrogen and oxygen atoms in total. The van der Waals surface area contributed by atoms with E-state index in [-0.39, 0.29) is 5.91 Å². The summed E-state index contributed by atoms with van der Waals surface area (Å²) in [6.45, 7) is 7.72. The van der Waals surface area contributed by atoms with Crippen LogP contribution >= 0.6 is 23.1 Å². The molecular weight excluding hydrogens is 414 g/mol. The SMILES string of the molecule is CCN(CC)CCN(C(=O)CCSc1ccccc1)c1nc2cc(OC)ccc2s1. The summed E-state index contributed by atoms with van der Waals surface area (Å²) in [4.78, 5) is 23.3. The lowest BCUT2D eigenvalue weighted by molar-refractivity contribution is -0.118. The Bertz CT molecular complexity index is 942. The highest BCUT2D eigenvalue weighted by Crippen LogP contribution is 2.31. The van der Waals surface area contributed by atoms with Crippen molar-refractivity contribution < 1.29 is 9.53 Å². The van der Waals surface area contributed by atoms with Crippen molar-refractivity contribution in [3.05, 3.63) is 48.5 Å². The Balaban J connectivity index is 1.74. The van der Waals surface area contributed by atoms with E-state index in [0.29, 0.717) is 13.0 Å². The van der Waals surface area contributed by atoms with Crippen molar-refractivity contribution in [2.24, 2.45) is 0 Å². The average Bonchev–Trinajstić information content (AvgIpc) is 3.20. The fraction of sp³-hybridized carbons (Fsp3) is 0.391. The second-order valence-corrected chi connectivity index (χ2v) is 8.99. The standard InChI is InChI=1S/C23H29N3O2S2/c1-4-25(5-2)14-15-26(22(27)13-16-29-19-9-7-6-8-10-19)23-24-20-17-18(28-3)11-12-21(20)30-23/h6-12,17H,4-5,13-16H2,1-3H3. The van der Waals surface area contributed by atoms with Crippen LogP contribution in [0, 0.1) is 0 Å².